The number of hydrogen-bond donors (Lipinski definition) is 1. The first-order chi connectivity index (χ1) is 16.0. The Morgan fingerprint density at radius 2 is 1.76 bits per heavy atom. The van der Waals surface area contributed by atoms with Crippen molar-refractivity contribution in [1.82, 2.24) is 15.2 Å². The molecule has 0 unspecified atom stereocenters. The highest BCUT2D eigenvalue weighted by atomic mass is 19.1. The fraction of sp³-hybridized carbons (Fsp3) is 0.250. The Bertz CT molecular complexity index is 1090. The number of piperazine rings is 1. The number of amides is 1. The Kier molecular flexibility index (Phi) is 6.89. The monoisotopic (exact) mass is 449 g/mol. The van der Waals surface area contributed by atoms with E-state index < -0.39 is 4.92 Å². The number of non-ortho nitro benzene ring substituents is 1. The quantitative estimate of drug-likeness (QED) is 0.439. The molecule has 0 spiro atoms. The van der Waals surface area contributed by atoms with E-state index in [9.17, 15) is 19.3 Å². The molecule has 0 radical (unpaired) electrons. The molecule has 1 aromatic heterocycles. The third-order valence-corrected chi connectivity index (χ3v) is 5.81. The molecule has 8 nitrogen and oxygen atoms in total. The number of nitrogens with zero attached hydrogens (tertiary/aromatic N) is 4. The normalized spacial score (nSPS) is 15.1. The minimum absolute atomic E-state index is 0.0567. The third-order valence-electron chi connectivity index (χ3n) is 5.81. The maximum atomic E-state index is 13.2. The highest BCUT2D eigenvalue weighted by Gasteiger charge is 2.26. The van der Waals surface area contributed by atoms with Gasteiger partial charge in [0.25, 0.3) is 11.6 Å². The van der Waals surface area contributed by atoms with Gasteiger partial charge in [-0.1, -0.05) is 6.07 Å². The van der Waals surface area contributed by atoms with Gasteiger partial charge in [0.2, 0.25) is 0 Å². The number of pyridine rings is 1. The molecule has 2 aromatic carbocycles. The molecule has 4 rings (SSSR count). The van der Waals surface area contributed by atoms with Gasteiger partial charge in [-0.2, -0.15) is 0 Å². The van der Waals surface area contributed by atoms with E-state index in [1.807, 2.05) is 12.1 Å². The molecule has 33 heavy (non-hydrogen) atoms. The number of hydrogen-bond acceptors (Lipinski definition) is 6. The van der Waals surface area contributed by atoms with Gasteiger partial charge in [-0.3, -0.25) is 24.8 Å². The fourth-order valence-electron chi connectivity index (χ4n) is 4.00. The molecule has 1 atom stereocenters. The summed E-state index contributed by atoms with van der Waals surface area (Å²) in [4.78, 5) is 31.7. The van der Waals surface area contributed by atoms with Crippen LogP contribution in [0.2, 0.25) is 0 Å². The predicted molar refractivity (Wildman–Crippen MR) is 123 cm³/mol. The van der Waals surface area contributed by atoms with Crippen molar-refractivity contribution in [2.75, 3.05) is 37.6 Å². The van der Waals surface area contributed by atoms with E-state index in [4.69, 9.17) is 0 Å². The van der Waals surface area contributed by atoms with Crippen molar-refractivity contribution in [2.24, 2.45) is 0 Å². The number of carbonyl (C=O) groups is 1. The summed E-state index contributed by atoms with van der Waals surface area (Å²) in [5, 5.41) is 13.8. The van der Waals surface area contributed by atoms with Crippen LogP contribution < -0.4 is 10.2 Å². The zero-order valence-corrected chi connectivity index (χ0v) is 17.9. The summed E-state index contributed by atoms with van der Waals surface area (Å²) in [5.41, 5.74) is 2.29. The van der Waals surface area contributed by atoms with Crippen LogP contribution in [0.4, 0.5) is 15.8 Å². The Morgan fingerprint density at radius 3 is 2.36 bits per heavy atom. The van der Waals surface area contributed by atoms with Gasteiger partial charge in [0.15, 0.2) is 0 Å². The Morgan fingerprint density at radius 1 is 1.06 bits per heavy atom. The largest absolute Gasteiger partial charge is 0.369 e. The fourth-order valence-corrected chi connectivity index (χ4v) is 4.00. The standard InChI is InChI=1S/C24H24FN5O3/c25-20-5-9-21(10-6-20)28-12-14-29(15-13-28)23(19-2-1-11-26-16-19)17-27-24(31)18-3-7-22(8-4-18)30(32)33/h1-11,16,23H,12-15,17H2,(H,27,31)/t23-/m1/s1. The first kappa shape index (κ1) is 22.3. The van der Waals surface area contributed by atoms with E-state index in [2.05, 4.69) is 20.1 Å². The second kappa shape index (κ2) is 10.2. The molecule has 1 saturated heterocycles. The van der Waals surface area contributed by atoms with E-state index in [0.717, 1.165) is 37.4 Å². The van der Waals surface area contributed by atoms with Gasteiger partial charge in [-0.25, -0.2) is 4.39 Å². The summed E-state index contributed by atoms with van der Waals surface area (Å²) < 4.78 is 13.2. The Labute approximate surface area is 190 Å². The smallest absolute Gasteiger partial charge is 0.269 e. The van der Waals surface area contributed by atoms with Crippen molar-refractivity contribution in [1.29, 1.82) is 0 Å². The van der Waals surface area contributed by atoms with Crippen LogP contribution in [0.25, 0.3) is 0 Å². The SMILES string of the molecule is O=C(NC[C@H](c1cccnc1)N1CCN(c2ccc(F)cc2)CC1)c1ccc([N+](=O)[O-])cc1. The van der Waals surface area contributed by atoms with Crippen LogP contribution in [0, 0.1) is 15.9 Å². The van der Waals surface area contributed by atoms with Crippen molar-refractivity contribution >= 4 is 17.3 Å². The second-order valence-electron chi connectivity index (χ2n) is 7.82. The molecular formula is C24H24FN5O3. The van der Waals surface area contributed by atoms with Crippen LogP contribution in [0.3, 0.4) is 0 Å². The molecule has 170 valence electrons. The summed E-state index contributed by atoms with van der Waals surface area (Å²) in [7, 11) is 0. The van der Waals surface area contributed by atoms with Gasteiger partial charge < -0.3 is 10.2 Å². The lowest BCUT2D eigenvalue weighted by molar-refractivity contribution is -0.384. The van der Waals surface area contributed by atoms with Crippen molar-refractivity contribution in [3.05, 3.63) is 100 Å². The molecule has 0 saturated carbocycles. The Balaban J connectivity index is 1.42. The van der Waals surface area contributed by atoms with E-state index in [0.29, 0.717) is 12.1 Å². The van der Waals surface area contributed by atoms with Gasteiger partial charge in [0, 0.05) is 68.5 Å². The first-order valence-electron chi connectivity index (χ1n) is 10.7. The molecule has 1 aliphatic heterocycles. The first-order valence-corrected chi connectivity index (χ1v) is 10.7. The lowest BCUT2D eigenvalue weighted by atomic mass is 10.1. The minimum atomic E-state index is -0.494. The summed E-state index contributed by atoms with van der Waals surface area (Å²) in [6, 6.07) is 15.8. The van der Waals surface area contributed by atoms with Crippen molar-refractivity contribution in [2.45, 2.75) is 6.04 Å². The minimum Gasteiger partial charge on any atom is -0.369 e. The van der Waals surface area contributed by atoms with Gasteiger partial charge >= 0.3 is 0 Å². The summed E-state index contributed by atoms with van der Waals surface area (Å²) in [5.74, 6) is -0.540. The number of anilines is 1. The highest BCUT2D eigenvalue weighted by Crippen LogP contribution is 2.24. The molecule has 1 fully saturated rings. The molecule has 1 aliphatic rings. The number of benzene rings is 2. The average Bonchev–Trinajstić information content (AvgIpc) is 2.85. The Hall–Kier alpha value is -3.85. The van der Waals surface area contributed by atoms with E-state index in [1.165, 1.54) is 36.4 Å². The number of rotatable bonds is 7. The zero-order valence-electron chi connectivity index (χ0n) is 17.9. The van der Waals surface area contributed by atoms with Crippen LogP contribution in [-0.2, 0) is 0 Å². The zero-order chi connectivity index (χ0) is 23.2. The van der Waals surface area contributed by atoms with Gasteiger partial charge in [0.1, 0.15) is 5.82 Å². The number of halogens is 1. The number of aromatic nitrogens is 1. The summed E-state index contributed by atoms with van der Waals surface area (Å²) >= 11 is 0. The van der Waals surface area contributed by atoms with Crippen LogP contribution in [0.1, 0.15) is 22.0 Å². The molecule has 1 amide bonds. The van der Waals surface area contributed by atoms with Crippen molar-refractivity contribution in [3.8, 4) is 0 Å². The lowest BCUT2D eigenvalue weighted by Crippen LogP contribution is -2.50. The predicted octanol–water partition coefficient (Wildman–Crippen LogP) is 3.42. The molecule has 9 heteroatoms. The number of nitro benzene ring substituents is 1. The number of nitrogens with one attached hydrogen (secondary N) is 1. The van der Waals surface area contributed by atoms with Gasteiger partial charge in [-0.05, 0) is 48.0 Å². The molecule has 0 bridgehead atoms. The lowest BCUT2D eigenvalue weighted by Gasteiger charge is -2.40. The maximum absolute atomic E-state index is 13.2. The number of nitro groups is 1. The summed E-state index contributed by atoms with van der Waals surface area (Å²) in [6.45, 7) is 3.46. The van der Waals surface area contributed by atoms with Crippen LogP contribution in [-0.4, -0.2) is 53.4 Å². The van der Waals surface area contributed by atoms with Crippen LogP contribution >= 0.6 is 0 Å². The molecule has 1 N–H and O–H groups in total. The maximum Gasteiger partial charge on any atom is 0.269 e. The second-order valence-corrected chi connectivity index (χ2v) is 7.82. The van der Waals surface area contributed by atoms with Crippen LogP contribution in [0.5, 0.6) is 0 Å². The van der Waals surface area contributed by atoms with Crippen LogP contribution in [0.15, 0.2) is 73.1 Å². The molecular weight excluding hydrogens is 425 g/mol. The van der Waals surface area contributed by atoms with E-state index in [1.54, 1.807) is 24.5 Å². The van der Waals surface area contributed by atoms with Crippen molar-refractivity contribution < 1.29 is 14.1 Å². The molecule has 3 aromatic rings. The van der Waals surface area contributed by atoms with Crippen molar-refractivity contribution in [3.63, 3.8) is 0 Å². The molecule has 0 aliphatic carbocycles. The topological polar surface area (TPSA) is 91.6 Å². The average molecular weight is 449 g/mol. The summed E-state index contributed by atoms with van der Waals surface area (Å²) in [6.07, 6.45) is 3.51. The van der Waals surface area contributed by atoms with E-state index in [-0.39, 0.29) is 23.5 Å². The number of carbonyl (C=O) groups excluding carboxylic acids is 1. The van der Waals surface area contributed by atoms with Gasteiger partial charge in [-0.15, -0.1) is 0 Å². The van der Waals surface area contributed by atoms with E-state index >= 15 is 0 Å². The third kappa shape index (κ3) is 5.50. The van der Waals surface area contributed by atoms with Gasteiger partial charge in [0.05, 0.1) is 11.0 Å². The highest BCUT2D eigenvalue weighted by molar-refractivity contribution is 5.94. The molecule has 2 heterocycles.